The first-order valence-corrected chi connectivity index (χ1v) is 9.89. The van der Waals surface area contributed by atoms with E-state index >= 15 is 0 Å². The van der Waals surface area contributed by atoms with E-state index in [9.17, 15) is 17.6 Å². The van der Waals surface area contributed by atoms with E-state index in [0.717, 1.165) is 6.07 Å². The number of sulfonamides is 1. The van der Waals surface area contributed by atoms with Gasteiger partial charge in [-0.3, -0.25) is 4.79 Å². The summed E-state index contributed by atoms with van der Waals surface area (Å²) in [5.41, 5.74) is -0.0467. The highest BCUT2D eigenvalue weighted by Crippen LogP contribution is 2.24. The Morgan fingerprint density at radius 3 is 2.42 bits per heavy atom. The molecule has 0 saturated carbocycles. The molecule has 0 bridgehead atoms. The minimum Gasteiger partial charge on any atom is -0.319 e. The van der Waals surface area contributed by atoms with Crippen LogP contribution in [0.15, 0.2) is 41.3 Å². The Labute approximate surface area is 161 Å². The molecule has 2 N–H and O–H groups in total. The van der Waals surface area contributed by atoms with Crippen molar-refractivity contribution in [1.29, 1.82) is 0 Å². The predicted molar refractivity (Wildman–Crippen MR) is 101 cm³/mol. The van der Waals surface area contributed by atoms with Crippen LogP contribution < -0.4 is 10.0 Å². The van der Waals surface area contributed by atoms with Crippen molar-refractivity contribution in [2.24, 2.45) is 5.92 Å². The van der Waals surface area contributed by atoms with Crippen molar-refractivity contribution in [3.8, 4) is 0 Å². The Morgan fingerprint density at radius 1 is 1.15 bits per heavy atom. The Balaban J connectivity index is 2.20. The number of hydrogen-bond donors (Lipinski definition) is 2. The van der Waals surface area contributed by atoms with Crippen LogP contribution in [-0.4, -0.2) is 20.9 Å². The van der Waals surface area contributed by atoms with E-state index in [1.54, 1.807) is 0 Å². The number of carbonyl (C=O) groups excluding carboxylic acids is 1. The topological polar surface area (TPSA) is 75.3 Å². The summed E-state index contributed by atoms with van der Waals surface area (Å²) in [5.74, 6) is -1.41. The highest BCUT2D eigenvalue weighted by molar-refractivity contribution is 7.89. The van der Waals surface area contributed by atoms with Crippen molar-refractivity contribution in [2.45, 2.75) is 18.7 Å². The fraction of sp³-hybridized carbons (Fsp3) is 0.235. The van der Waals surface area contributed by atoms with Crippen molar-refractivity contribution in [1.82, 2.24) is 4.72 Å². The van der Waals surface area contributed by atoms with Gasteiger partial charge in [-0.2, -0.15) is 0 Å². The zero-order valence-corrected chi connectivity index (χ0v) is 16.3. The molecule has 5 nitrogen and oxygen atoms in total. The number of rotatable bonds is 6. The average molecular weight is 419 g/mol. The summed E-state index contributed by atoms with van der Waals surface area (Å²) in [5, 5.41) is 2.84. The first kappa shape index (κ1) is 20.6. The number of halogens is 3. The van der Waals surface area contributed by atoms with Crippen molar-refractivity contribution in [3.05, 3.63) is 57.8 Å². The van der Waals surface area contributed by atoms with Gasteiger partial charge in [-0.1, -0.05) is 37.0 Å². The van der Waals surface area contributed by atoms with Crippen LogP contribution in [0.5, 0.6) is 0 Å². The van der Waals surface area contributed by atoms with Crippen LogP contribution in [0.2, 0.25) is 10.0 Å². The molecule has 2 aromatic rings. The van der Waals surface area contributed by atoms with Gasteiger partial charge in [0.1, 0.15) is 5.82 Å². The van der Waals surface area contributed by atoms with Crippen LogP contribution in [0.25, 0.3) is 0 Å². The summed E-state index contributed by atoms with van der Waals surface area (Å²) in [7, 11) is -3.83. The molecule has 0 atom stereocenters. The molecule has 9 heteroatoms. The van der Waals surface area contributed by atoms with E-state index in [0.29, 0.717) is 5.02 Å². The number of nitrogens with one attached hydrogen (secondary N) is 2. The highest BCUT2D eigenvalue weighted by Gasteiger charge is 2.18. The molecule has 0 saturated heterocycles. The van der Waals surface area contributed by atoms with E-state index in [1.807, 2.05) is 13.8 Å². The molecule has 26 heavy (non-hydrogen) atoms. The summed E-state index contributed by atoms with van der Waals surface area (Å²) in [6, 6.07) is 7.53. The van der Waals surface area contributed by atoms with E-state index in [-0.39, 0.29) is 33.6 Å². The Morgan fingerprint density at radius 2 is 1.85 bits per heavy atom. The van der Waals surface area contributed by atoms with Crippen LogP contribution in [0, 0.1) is 11.7 Å². The van der Waals surface area contributed by atoms with Crippen LogP contribution in [0.4, 0.5) is 10.1 Å². The third-order valence-electron chi connectivity index (χ3n) is 3.36. The molecule has 0 heterocycles. The lowest BCUT2D eigenvalue weighted by molar-refractivity contribution is 0.102. The van der Waals surface area contributed by atoms with E-state index in [4.69, 9.17) is 23.2 Å². The van der Waals surface area contributed by atoms with Gasteiger partial charge in [0.2, 0.25) is 10.0 Å². The molecule has 0 spiro atoms. The lowest BCUT2D eigenvalue weighted by atomic mass is 10.2. The van der Waals surface area contributed by atoms with Crippen LogP contribution in [0.3, 0.4) is 0 Å². The molecule has 0 aromatic heterocycles. The molecule has 1 amide bonds. The van der Waals surface area contributed by atoms with Crippen molar-refractivity contribution in [3.63, 3.8) is 0 Å². The van der Waals surface area contributed by atoms with Gasteiger partial charge in [-0.15, -0.1) is 0 Å². The van der Waals surface area contributed by atoms with Crippen molar-refractivity contribution in [2.75, 3.05) is 11.9 Å². The molecule has 2 rings (SSSR count). The second-order valence-corrected chi connectivity index (χ2v) is 8.58. The van der Waals surface area contributed by atoms with Crippen LogP contribution >= 0.6 is 23.2 Å². The maximum Gasteiger partial charge on any atom is 0.257 e. The fourth-order valence-corrected chi connectivity index (χ4v) is 3.71. The predicted octanol–water partition coefficient (Wildman–Crippen LogP) is 4.32. The zero-order valence-electron chi connectivity index (χ0n) is 14.0. The van der Waals surface area contributed by atoms with E-state index < -0.39 is 21.7 Å². The van der Waals surface area contributed by atoms with Crippen molar-refractivity contribution >= 4 is 44.8 Å². The minimum atomic E-state index is -3.83. The normalized spacial score (nSPS) is 11.6. The summed E-state index contributed by atoms with van der Waals surface area (Å²) in [4.78, 5) is 12.0. The molecular formula is C17H17Cl2FN2O3S. The third-order valence-corrected chi connectivity index (χ3v) is 5.33. The Hall–Kier alpha value is -1.67. The lowest BCUT2D eigenvalue weighted by Gasteiger charge is -2.11. The summed E-state index contributed by atoms with van der Waals surface area (Å²) >= 11 is 11.7. The molecular weight excluding hydrogens is 402 g/mol. The number of anilines is 1. The monoisotopic (exact) mass is 418 g/mol. The van der Waals surface area contributed by atoms with Crippen molar-refractivity contribution < 1.29 is 17.6 Å². The number of benzene rings is 2. The first-order valence-electron chi connectivity index (χ1n) is 7.66. The highest BCUT2D eigenvalue weighted by atomic mass is 35.5. The first-order chi connectivity index (χ1) is 12.1. The van der Waals surface area contributed by atoms with E-state index in [1.165, 1.54) is 30.3 Å². The van der Waals surface area contributed by atoms with Gasteiger partial charge < -0.3 is 5.32 Å². The SMILES string of the molecule is CC(C)CNS(=O)(=O)c1ccc(NC(=O)c2ccc(Cl)cc2Cl)c(F)c1. The van der Waals surface area contributed by atoms with Crippen LogP contribution in [-0.2, 0) is 10.0 Å². The summed E-state index contributed by atoms with van der Waals surface area (Å²) < 4.78 is 40.9. The van der Waals surface area contributed by atoms with Gasteiger partial charge in [0.15, 0.2) is 0 Å². The second kappa shape index (κ2) is 8.35. The second-order valence-electron chi connectivity index (χ2n) is 5.97. The van der Waals surface area contributed by atoms with Gasteiger partial charge in [-0.25, -0.2) is 17.5 Å². The largest absolute Gasteiger partial charge is 0.319 e. The maximum absolute atomic E-state index is 14.3. The van der Waals surface area contributed by atoms with Gasteiger partial charge in [0.05, 0.1) is 21.2 Å². The zero-order chi connectivity index (χ0) is 19.5. The third kappa shape index (κ3) is 5.17. The molecule has 2 aromatic carbocycles. The molecule has 140 valence electrons. The van der Waals surface area contributed by atoms with Gasteiger partial charge in [-0.05, 0) is 42.3 Å². The standard InChI is InChI=1S/C17H17Cl2FN2O3S/c1-10(2)9-21-26(24,25)12-4-6-16(15(20)8-12)22-17(23)13-5-3-11(18)7-14(13)19/h3-8,10,21H,9H2,1-2H3,(H,22,23). The van der Waals surface area contributed by atoms with Gasteiger partial charge in [0.25, 0.3) is 5.91 Å². The molecule has 0 unspecified atom stereocenters. The summed E-state index contributed by atoms with van der Waals surface area (Å²) in [6.07, 6.45) is 0. The lowest BCUT2D eigenvalue weighted by Crippen LogP contribution is -2.27. The molecule has 0 fully saturated rings. The minimum absolute atomic E-state index is 0.109. The number of amides is 1. The van der Waals surface area contributed by atoms with Crippen LogP contribution in [0.1, 0.15) is 24.2 Å². The van der Waals surface area contributed by atoms with Gasteiger partial charge >= 0.3 is 0 Å². The Bertz CT molecular complexity index is 934. The maximum atomic E-state index is 14.3. The quantitative estimate of drug-likeness (QED) is 0.733. The Kier molecular flexibility index (Phi) is 6.63. The molecule has 0 aliphatic rings. The molecule has 0 radical (unpaired) electrons. The molecule has 0 aliphatic heterocycles. The fourth-order valence-electron chi connectivity index (χ4n) is 1.99. The number of carbonyl (C=O) groups is 1. The van der Waals surface area contributed by atoms with Gasteiger partial charge in [0, 0.05) is 11.6 Å². The summed E-state index contributed by atoms with van der Waals surface area (Å²) in [6.45, 7) is 3.94. The average Bonchev–Trinajstić information content (AvgIpc) is 2.54. The van der Waals surface area contributed by atoms with E-state index in [2.05, 4.69) is 10.0 Å². The number of hydrogen-bond acceptors (Lipinski definition) is 3. The molecule has 0 aliphatic carbocycles. The smallest absolute Gasteiger partial charge is 0.257 e.